The first-order chi connectivity index (χ1) is 15.8. The maximum absolute atomic E-state index is 13.5. The largest absolute Gasteiger partial charge is 0.361 e. The number of amides is 3. The lowest BCUT2D eigenvalue weighted by Gasteiger charge is -2.21. The highest BCUT2D eigenvalue weighted by atomic mass is 32.2. The van der Waals surface area contributed by atoms with Crippen LogP contribution in [0.4, 0.5) is 4.79 Å². The number of nitrogens with two attached hydrogens (primary N) is 1. The molecule has 3 aromatic rings. The van der Waals surface area contributed by atoms with E-state index in [4.69, 9.17) is 5.73 Å². The third kappa shape index (κ3) is 4.38. The van der Waals surface area contributed by atoms with E-state index >= 15 is 0 Å². The van der Waals surface area contributed by atoms with E-state index in [1.165, 1.54) is 12.1 Å². The van der Waals surface area contributed by atoms with Gasteiger partial charge >= 0.3 is 6.03 Å². The molecule has 1 atom stereocenters. The number of para-hydroxylation sites is 1. The molecule has 9 heteroatoms. The number of H-pyrrole nitrogens is 1. The van der Waals surface area contributed by atoms with Gasteiger partial charge in [0.25, 0.3) is 15.9 Å². The molecular weight excluding hydrogens is 440 g/mol. The first-order valence-corrected chi connectivity index (χ1v) is 12.5. The number of nitrogens with zero attached hydrogens (tertiary/aromatic N) is 2. The van der Waals surface area contributed by atoms with E-state index in [0.717, 1.165) is 44.1 Å². The summed E-state index contributed by atoms with van der Waals surface area (Å²) in [6.07, 6.45) is 3.97. The van der Waals surface area contributed by atoms with Crippen LogP contribution in [0.2, 0.25) is 0 Å². The molecule has 1 aromatic heterocycles. The number of aromatic nitrogens is 1. The van der Waals surface area contributed by atoms with Gasteiger partial charge in [-0.25, -0.2) is 17.5 Å². The molecule has 0 aliphatic carbocycles. The summed E-state index contributed by atoms with van der Waals surface area (Å²) in [5.41, 5.74) is 8.10. The molecule has 0 radical (unpaired) electrons. The van der Waals surface area contributed by atoms with Crippen molar-refractivity contribution in [2.45, 2.75) is 43.5 Å². The molecule has 3 N–H and O–H groups in total. The second-order valence-electron chi connectivity index (χ2n) is 8.32. The predicted molar refractivity (Wildman–Crippen MR) is 126 cm³/mol. The molecule has 1 aliphatic heterocycles. The Morgan fingerprint density at radius 3 is 2.45 bits per heavy atom. The van der Waals surface area contributed by atoms with Gasteiger partial charge < -0.3 is 10.7 Å². The molecule has 2 heterocycles. The average molecular weight is 469 g/mol. The molecule has 1 saturated heterocycles. The minimum Gasteiger partial charge on any atom is -0.361 e. The predicted octanol–water partition coefficient (Wildman–Crippen LogP) is 3.17. The summed E-state index contributed by atoms with van der Waals surface area (Å²) in [5, 5.41) is 0.895. The molecule has 2 aromatic carbocycles. The van der Waals surface area contributed by atoms with Gasteiger partial charge in [0.2, 0.25) is 0 Å². The summed E-state index contributed by atoms with van der Waals surface area (Å²) in [4.78, 5) is 30.8. The fraction of sp³-hybridized carbons (Fsp3) is 0.333. The third-order valence-corrected chi connectivity index (χ3v) is 7.80. The molecule has 8 nitrogen and oxygen atoms in total. The third-order valence-electron chi connectivity index (χ3n) is 6.01. The summed E-state index contributed by atoms with van der Waals surface area (Å²) in [5.74, 6) is -0.492. The van der Waals surface area contributed by atoms with Crippen molar-refractivity contribution in [2.24, 2.45) is 5.73 Å². The van der Waals surface area contributed by atoms with Gasteiger partial charge in [-0.3, -0.25) is 9.69 Å². The van der Waals surface area contributed by atoms with Gasteiger partial charge in [-0.15, -0.1) is 0 Å². The van der Waals surface area contributed by atoms with E-state index in [9.17, 15) is 18.0 Å². The molecule has 33 heavy (non-hydrogen) atoms. The Labute approximate surface area is 193 Å². The van der Waals surface area contributed by atoms with Gasteiger partial charge in [0, 0.05) is 30.1 Å². The highest BCUT2D eigenvalue weighted by Gasteiger charge is 2.51. The van der Waals surface area contributed by atoms with Gasteiger partial charge in [-0.2, -0.15) is 0 Å². The van der Waals surface area contributed by atoms with Crippen molar-refractivity contribution in [2.75, 3.05) is 13.1 Å². The number of hydrogen-bond acceptors (Lipinski definition) is 5. The van der Waals surface area contributed by atoms with Crippen molar-refractivity contribution in [3.05, 3.63) is 65.9 Å². The Balaban J connectivity index is 1.70. The summed E-state index contributed by atoms with van der Waals surface area (Å²) < 4.78 is 27.8. The lowest BCUT2D eigenvalue weighted by atomic mass is 10.0. The van der Waals surface area contributed by atoms with Crippen molar-refractivity contribution in [1.82, 2.24) is 14.2 Å². The number of unbranched alkanes of at least 4 members (excludes halogenated alkanes) is 2. The number of aryl methyl sites for hydroxylation is 1. The Bertz CT molecular complexity index is 1270. The summed E-state index contributed by atoms with van der Waals surface area (Å²) in [6, 6.07) is 11.9. The molecule has 1 aliphatic rings. The summed E-state index contributed by atoms with van der Waals surface area (Å²) >= 11 is 0. The van der Waals surface area contributed by atoms with Crippen LogP contribution < -0.4 is 5.73 Å². The SMILES string of the molecule is Cc1ccc(S(=O)(=O)N2C(=O)N(CCCCCN)C(=O)C2Cc2c[nH]c3ccccc23)cc1. The molecule has 1 unspecified atom stereocenters. The molecule has 3 amide bonds. The first kappa shape index (κ1) is 23.0. The van der Waals surface area contributed by atoms with Crippen molar-refractivity contribution >= 4 is 32.9 Å². The van der Waals surface area contributed by atoms with Crippen LogP contribution in [0.5, 0.6) is 0 Å². The second-order valence-corrected chi connectivity index (χ2v) is 10.1. The zero-order chi connectivity index (χ0) is 23.6. The van der Waals surface area contributed by atoms with E-state index in [1.54, 1.807) is 18.3 Å². The molecular formula is C24H28N4O4S. The fourth-order valence-corrected chi connectivity index (χ4v) is 5.71. The second kappa shape index (κ2) is 9.36. The van der Waals surface area contributed by atoms with E-state index < -0.39 is 28.0 Å². The Kier molecular flexibility index (Phi) is 6.53. The molecule has 1 fully saturated rings. The summed E-state index contributed by atoms with van der Waals surface area (Å²) in [7, 11) is -4.22. The minimum absolute atomic E-state index is 0.0110. The minimum atomic E-state index is -4.22. The van der Waals surface area contributed by atoms with Crippen molar-refractivity contribution in [1.29, 1.82) is 0 Å². The van der Waals surface area contributed by atoms with E-state index in [-0.39, 0.29) is 17.9 Å². The van der Waals surface area contributed by atoms with Gasteiger partial charge in [0.05, 0.1) is 4.90 Å². The Morgan fingerprint density at radius 1 is 1.00 bits per heavy atom. The molecule has 0 spiro atoms. The topological polar surface area (TPSA) is 117 Å². The van der Waals surface area contributed by atoms with E-state index in [0.29, 0.717) is 13.0 Å². The zero-order valence-electron chi connectivity index (χ0n) is 18.5. The maximum atomic E-state index is 13.5. The highest BCUT2D eigenvalue weighted by Crippen LogP contribution is 2.31. The van der Waals surface area contributed by atoms with Crippen LogP contribution in [0.15, 0.2) is 59.6 Å². The number of nitrogens with one attached hydrogen (secondary N) is 1. The Morgan fingerprint density at radius 2 is 1.73 bits per heavy atom. The van der Waals surface area contributed by atoms with Gasteiger partial charge in [-0.05, 0) is 50.1 Å². The first-order valence-electron chi connectivity index (χ1n) is 11.1. The number of fused-ring (bicyclic) bond motifs is 1. The van der Waals surface area contributed by atoms with Crippen molar-refractivity contribution in [3.8, 4) is 0 Å². The number of hydrogen-bond donors (Lipinski definition) is 2. The van der Waals surface area contributed by atoms with Crippen LogP contribution in [0.1, 0.15) is 30.4 Å². The number of urea groups is 1. The summed E-state index contributed by atoms with van der Waals surface area (Å²) in [6.45, 7) is 2.55. The lowest BCUT2D eigenvalue weighted by molar-refractivity contribution is -0.127. The van der Waals surface area contributed by atoms with Crippen LogP contribution in [-0.2, 0) is 21.2 Å². The van der Waals surface area contributed by atoms with Gasteiger partial charge in [-0.1, -0.05) is 42.3 Å². The smallest absolute Gasteiger partial charge is 0.341 e. The fourth-order valence-electron chi connectivity index (χ4n) is 4.20. The molecule has 174 valence electrons. The Hall–Kier alpha value is -3.17. The van der Waals surface area contributed by atoms with E-state index in [2.05, 4.69) is 4.98 Å². The number of rotatable bonds is 9. The van der Waals surface area contributed by atoms with Crippen LogP contribution in [0.25, 0.3) is 10.9 Å². The lowest BCUT2D eigenvalue weighted by Crippen LogP contribution is -2.41. The molecule has 0 saturated carbocycles. The average Bonchev–Trinajstić information content (AvgIpc) is 3.31. The van der Waals surface area contributed by atoms with Gasteiger partial charge in [0.15, 0.2) is 0 Å². The zero-order valence-corrected chi connectivity index (χ0v) is 19.3. The standard InChI is InChI=1S/C24H28N4O4S/c1-17-9-11-19(12-10-17)33(31,32)28-22(15-18-16-26-21-8-4-3-7-20(18)21)23(29)27(24(28)30)14-6-2-5-13-25/h3-4,7-12,16,22,26H,2,5-6,13-15,25H2,1H3. The monoisotopic (exact) mass is 468 g/mol. The molecule has 0 bridgehead atoms. The van der Waals surface area contributed by atoms with Crippen LogP contribution in [0, 0.1) is 6.92 Å². The number of carbonyl (C=O) groups excluding carboxylic acids is 2. The van der Waals surface area contributed by atoms with Crippen molar-refractivity contribution in [3.63, 3.8) is 0 Å². The number of benzene rings is 2. The maximum Gasteiger partial charge on any atom is 0.341 e. The normalized spacial score (nSPS) is 16.8. The van der Waals surface area contributed by atoms with Gasteiger partial charge in [0.1, 0.15) is 6.04 Å². The number of carbonyl (C=O) groups is 2. The van der Waals surface area contributed by atoms with Crippen LogP contribution in [0.3, 0.4) is 0 Å². The van der Waals surface area contributed by atoms with E-state index in [1.807, 2.05) is 31.2 Å². The quantitative estimate of drug-likeness (QED) is 0.370. The molecule has 4 rings (SSSR count). The van der Waals surface area contributed by atoms with Crippen LogP contribution >= 0.6 is 0 Å². The number of sulfonamides is 1. The highest BCUT2D eigenvalue weighted by molar-refractivity contribution is 7.89. The van der Waals surface area contributed by atoms with Crippen molar-refractivity contribution < 1.29 is 18.0 Å². The number of imide groups is 1. The van der Waals surface area contributed by atoms with Crippen LogP contribution in [-0.4, -0.2) is 53.7 Å². The number of aromatic amines is 1.